The molecule has 1 heterocycles. The second-order valence-electron chi connectivity index (χ2n) is 4.16. The van der Waals surface area contributed by atoms with Crippen LogP contribution in [0.2, 0.25) is 5.02 Å². The molecule has 1 unspecified atom stereocenters. The van der Waals surface area contributed by atoms with Crippen LogP contribution in [0.1, 0.15) is 16.8 Å². The number of carbonyl (C=O) groups excluding carboxylic acids is 1. The Hall–Kier alpha value is -0.610. The van der Waals surface area contributed by atoms with E-state index < -0.39 is 5.82 Å². The fourth-order valence-corrected chi connectivity index (χ4v) is 2.72. The van der Waals surface area contributed by atoms with Crippen LogP contribution in [0, 0.1) is 11.7 Å². The van der Waals surface area contributed by atoms with Gasteiger partial charge in [0.2, 0.25) is 0 Å². The Morgan fingerprint density at radius 1 is 1.59 bits per heavy atom. The molecule has 1 aromatic rings. The Kier molecular flexibility index (Phi) is 4.05. The molecule has 0 radical (unpaired) electrons. The quantitative estimate of drug-likeness (QED) is 0.765. The summed E-state index contributed by atoms with van der Waals surface area (Å²) in [7, 11) is 0. The van der Waals surface area contributed by atoms with E-state index in [1.807, 2.05) is 0 Å². The van der Waals surface area contributed by atoms with Crippen LogP contribution in [0.15, 0.2) is 18.2 Å². The van der Waals surface area contributed by atoms with Crippen LogP contribution < -0.4 is 0 Å². The molecular weight excluding hydrogens is 308 g/mol. The summed E-state index contributed by atoms with van der Waals surface area (Å²) in [5.41, 5.74) is 0.252. The zero-order valence-corrected chi connectivity index (χ0v) is 11.5. The summed E-state index contributed by atoms with van der Waals surface area (Å²) in [5, 5.41) is 0.799. The number of hydrogen-bond acceptors (Lipinski definition) is 1. The molecule has 1 aliphatic heterocycles. The van der Waals surface area contributed by atoms with Gasteiger partial charge in [0.15, 0.2) is 0 Å². The Morgan fingerprint density at radius 3 is 3.00 bits per heavy atom. The predicted molar refractivity (Wildman–Crippen MR) is 69.2 cm³/mol. The van der Waals surface area contributed by atoms with Gasteiger partial charge < -0.3 is 4.90 Å². The lowest BCUT2D eigenvalue weighted by molar-refractivity contribution is 0.0788. The van der Waals surface area contributed by atoms with Crippen LogP contribution in [0.3, 0.4) is 0 Å². The summed E-state index contributed by atoms with van der Waals surface area (Å²) in [5.74, 6) is -0.252. The van der Waals surface area contributed by atoms with Gasteiger partial charge in [-0.05, 0) is 24.5 Å². The molecule has 1 amide bonds. The van der Waals surface area contributed by atoms with Crippen molar-refractivity contribution in [2.45, 2.75) is 6.42 Å². The van der Waals surface area contributed by atoms with Gasteiger partial charge in [0.1, 0.15) is 5.82 Å². The zero-order chi connectivity index (χ0) is 12.4. The maximum atomic E-state index is 13.3. The van der Waals surface area contributed by atoms with E-state index in [9.17, 15) is 9.18 Å². The Labute approximate surface area is 113 Å². The van der Waals surface area contributed by atoms with E-state index >= 15 is 0 Å². The molecule has 0 saturated carbocycles. The molecule has 0 spiro atoms. The van der Waals surface area contributed by atoms with Crippen LogP contribution >= 0.6 is 27.5 Å². The number of carbonyl (C=O) groups is 1. The molecule has 5 heteroatoms. The molecule has 1 aliphatic rings. The molecule has 0 aliphatic carbocycles. The highest BCUT2D eigenvalue weighted by Gasteiger charge is 2.27. The lowest BCUT2D eigenvalue weighted by atomic mass is 10.1. The molecule has 17 heavy (non-hydrogen) atoms. The molecule has 0 N–H and O–H groups in total. The molecule has 1 atom stereocenters. The number of hydrogen-bond donors (Lipinski definition) is 0. The Balaban J connectivity index is 2.18. The minimum absolute atomic E-state index is 0.0835. The third-order valence-corrected chi connectivity index (χ3v) is 4.27. The average molecular weight is 321 g/mol. The number of nitrogens with zero attached hydrogens (tertiary/aromatic N) is 1. The molecule has 1 saturated heterocycles. The van der Waals surface area contributed by atoms with E-state index in [1.165, 1.54) is 12.1 Å². The van der Waals surface area contributed by atoms with E-state index in [2.05, 4.69) is 15.9 Å². The van der Waals surface area contributed by atoms with Crippen molar-refractivity contribution in [2.75, 3.05) is 18.4 Å². The molecular formula is C12H12BrClFNO. The highest BCUT2D eigenvalue weighted by atomic mass is 79.9. The van der Waals surface area contributed by atoms with Crippen LogP contribution in [0.4, 0.5) is 4.39 Å². The summed E-state index contributed by atoms with van der Waals surface area (Å²) in [6.07, 6.45) is 0.976. The summed E-state index contributed by atoms with van der Waals surface area (Å²) in [6, 6.07) is 4.33. The van der Waals surface area contributed by atoms with Crippen molar-refractivity contribution >= 4 is 33.4 Å². The average Bonchev–Trinajstić information content (AvgIpc) is 2.80. The number of benzene rings is 1. The van der Waals surface area contributed by atoms with Gasteiger partial charge in [-0.2, -0.15) is 0 Å². The first-order chi connectivity index (χ1) is 8.13. The van der Waals surface area contributed by atoms with Crippen molar-refractivity contribution in [3.8, 4) is 0 Å². The smallest absolute Gasteiger partial charge is 0.255 e. The van der Waals surface area contributed by atoms with Gasteiger partial charge in [0, 0.05) is 18.4 Å². The molecule has 1 aromatic carbocycles. The largest absolute Gasteiger partial charge is 0.338 e. The van der Waals surface area contributed by atoms with E-state index in [0.29, 0.717) is 19.0 Å². The fraction of sp³-hybridized carbons (Fsp3) is 0.417. The molecule has 1 fully saturated rings. The van der Waals surface area contributed by atoms with Gasteiger partial charge in [0.05, 0.1) is 10.6 Å². The lowest BCUT2D eigenvalue weighted by Gasteiger charge is -2.17. The minimum atomic E-state index is -0.547. The standard InChI is InChI=1S/C12H12BrClFNO/c13-6-8-4-5-16(7-8)12(17)9-2-1-3-10(15)11(9)14/h1-3,8H,4-7H2. The number of amides is 1. The lowest BCUT2D eigenvalue weighted by Crippen LogP contribution is -2.29. The van der Waals surface area contributed by atoms with Crippen LogP contribution in [-0.2, 0) is 0 Å². The van der Waals surface area contributed by atoms with Gasteiger partial charge >= 0.3 is 0 Å². The first-order valence-electron chi connectivity index (χ1n) is 5.42. The highest BCUT2D eigenvalue weighted by molar-refractivity contribution is 9.09. The van der Waals surface area contributed by atoms with Gasteiger partial charge in [-0.1, -0.05) is 33.6 Å². The maximum absolute atomic E-state index is 13.3. The Bertz CT molecular complexity index is 441. The van der Waals surface area contributed by atoms with Crippen molar-refractivity contribution in [3.63, 3.8) is 0 Å². The van der Waals surface area contributed by atoms with Crippen molar-refractivity contribution in [1.29, 1.82) is 0 Å². The molecule has 2 rings (SSSR count). The summed E-state index contributed by atoms with van der Waals surface area (Å²) < 4.78 is 13.3. The monoisotopic (exact) mass is 319 g/mol. The maximum Gasteiger partial charge on any atom is 0.255 e. The van der Waals surface area contributed by atoms with Gasteiger partial charge in [0.25, 0.3) is 5.91 Å². The van der Waals surface area contributed by atoms with Crippen LogP contribution in [0.5, 0.6) is 0 Å². The third kappa shape index (κ3) is 2.63. The van der Waals surface area contributed by atoms with E-state index in [-0.39, 0.29) is 16.5 Å². The number of likely N-dealkylation sites (tertiary alicyclic amines) is 1. The third-order valence-electron chi connectivity index (χ3n) is 2.97. The Morgan fingerprint density at radius 2 is 2.35 bits per heavy atom. The van der Waals surface area contributed by atoms with Crippen LogP contribution in [-0.4, -0.2) is 29.2 Å². The first-order valence-corrected chi connectivity index (χ1v) is 6.92. The van der Waals surface area contributed by atoms with Gasteiger partial charge in [-0.25, -0.2) is 4.39 Å². The van der Waals surface area contributed by atoms with Crippen LogP contribution in [0.25, 0.3) is 0 Å². The molecule has 0 bridgehead atoms. The topological polar surface area (TPSA) is 20.3 Å². The van der Waals surface area contributed by atoms with E-state index in [1.54, 1.807) is 11.0 Å². The van der Waals surface area contributed by atoms with Crippen molar-refractivity contribution < 1.29 is 9.18 Å². The van der Waals surface area contributed by atoms with Crippen molar-refractivity contribution in [1.82, 2.24) is 4.90 Å². The van der Waals surface area contributed by atoms with Crippen molar-refractivity contribution in [3.05, 3.63) is 34.6 Å². The summed E-state index contributed by atoms with van der Waals surface area (Å²) in [6.45, 7) is 1.42. The SMILES string of the molecule is O=C(c1cccc(F)c1Cl)N1CCC(CBr)C1. The highest BCUT2D eigenvalue weighted by Crippen LogP contribution is 2.25. The normalized spacial score (nSPS) is 19.7. The fourth-order valence-electron chi connectivity index (χ4n) is 1.98. The second-order valence-corrected chi connectivity index (χ2v) is 5.19. The number of alkyl halides is 1. The van der Waals surface area contributed by atoms with Gasteiger partial charge in [-0.3, -0.25) is 4.79 Å². The van der Waals surface area contributed by atoms with E-state index in [0.717, 1.165) is 11.8 Å². The zero-order valence-electron chi connectivity index (χ0n) is 9.13. The van der Waals surface area contributed by atoms with Gasteiger partial charge in [-0.15, -0.1) is 0 Å². The predicted octanol–water partition coefficient (Wildman–Crippen LogP) is 3.34. The van der Waals surface area contributed by atoms with Crippen molar-refractivity contribution in [2.24, 2.45) is 5.92 Å². The molecule has 92 valence electrons. The number of rotatable bonds is 2. The summed E-state index contributed by atoms with van der Waals surface area (Å²) in [4.78, 5) is 13.9. The first kappa shape index (κ1) is 12.8. The number of halogens is 3. The second kappa shape index (κ2) is 5.36. The van der Waals surface area contributed by atoms with E-state index in [4.69, 9.17) is 11.6 Å². The minimum Gasteiger partial charge on any atom is -0.338 e. The molecule has 0 aromatic heterocycles. The summed E-state index contributed by atoms with van der Waals surface area (Å²) >= 11 is 9.22. The molecule has 2 nitrogen and oxygen atoms in total.